The van der Waals surface area contributed by atoms with Crippen LogP contribution in [0.5, 0.6) is 5.75 Å². The highest BCUT2D eigenvalue weighted by molar-refractivity contribution is 5.94. The first-order chi connectivity index (χ1) is 15.1. The number of aromatic nitrogens is 2. The number of benzene rings is 1. The molecule has 2 atom stereocenters. The van der Waals surface area contributed by atoms with E-state index in [1.165, 1.54) is 0 Å². The SMILES string of the molecule is C=C/C=C\C=C(/C=C)Oc1ccccc1-c1cc(C(=O)NC23CC2CN(C#N)C3)n[nH]1. The van der Waals surface area contributed by atoms with Gasteiger partial charge in [0.05, 0.1) is 17.8 Å². The van der Waals surface area contributed by atoms with E-state index in [2.05, 4.69) is 34.9 Å². The van der Waals surface area contributed by atoms with E-state index in [4.69, 9.17) is 10.00 Å². The van der Waals surface area contributed by atoms with Crippen LogP contribution < -0.4 is 10.1 Å². The molecule has 0 bridgehead atoms. The minimum Gasteiger partial charge on any atom is -0.457 e. The number of H-pyrrole nitrogens is 1. The van der Waals surface area contributed by atoms with Crippen LogP contribution in [0.3, 0.4) is 0 Å². The number of para-hydroxylation sites is 1. The molecule has 1 aromatic heterocycles. The summed E-state index contributed by atoms with van der Waals surface area (Å²) in [5, 5.41) is 19.3. The average Bonchev–Trinajstić information content (AvgIpc) is 3.12. The van der Waals surface area contributed by atoms with Crippen LogP contribution >= 0.6 is 0 Å². The van der Waals surface area contributed by atoms with Gasteiger partial charge in [-0.05, 0) is 36.8 Å². The van der Waals surface area contributed by atoms with Crippen molar-refractivity contribution in [2.45, 2.75) is 12.0 Å². The number of hydrogen-bond donors (Lipinski definition) is 2. The van der Waals surface area contributed by atoms with Gasteiger partial charge < -0.3 is 15.0 Å². The molecule has 2 N–H and O–H groups in total. The Hall–Kier alpha value is -4.05. The van der Waals surface area contributed by atoms with Crippen LogP contribution in [0.1, 0.15) is 16.9 Å². The molecule has 31 heavy (non-hydrogen) atoms. The molecule has 1 aliphatic carbocycles. The Bertz CT molecular complexity index is 1120. The number of hydrogen-bond acceptors (Lipinski definition) is 5. The number of nitrogens with one attached hydrogen (secondary N) is 2. The molecule has 7 nitrogen and oxygen atoms in total. The van der Waals surface area contributed by atoms with Crippen LogP contribution in [0.4, 0.5) is 0 Å². The predicted octanol–water partition coefficient (Wildman–Crippen LogP) is 3.55. The lowest BCUT2D eigenvalue weighted by atomic mass is 10.1. The monoisotopic (exact) mass is 413 g/mol. The first kappa shape index (κ1) is 20.2. The summed E-state index contributed by atoms with van der Waals surface area (Å²) in [4.78, 5) is 14.5. The second-order valence-corrected chi connectivity index (χ2v) is 7.65. The second-order valence-electron chi connectivity index (χ2n) is 7.65. The number of carbonyl (C=O) groups excluding carboxylic acids is 1. The van der Waals surface area contributed by atoms with Gasteiger partial charge in [-0.2, -0.15) is 10.4 Å². The van der Waals surface area contributed by atoms with Gasteiger partial charge >= 0.3 is 0 Å². The molecule has 1 aromatic carbocycles. The number of piperidine rings is 1. The van der Waals surface area contributed by atoms with E-state index < -0.39 is 0 Å². The lowest BCUT2D eigenvalue weighted by Gasteiger charge is -2.16. The first-order valence-corrected chi connectivity index (χ1v) is 10.0. The highest BCUT2D eigenvalue weighted by Crippen LogP contribution is 2.49. The Labute approximate surface area is 181 Å². The summed E-state index contributed by atoms with van der Waals surface area (Å²) >= 11 is 0. The highest BCUT2D eigenvalue weighted by Gasteiger charge is 2.61. The van der Waals surface area contributed by atoms with Crippen LogP contribution in [0.2, 0.25) is 0 Å². The molecular weight excluding hydrogens is 390 g/mol. The summed E-state index contributed by atoms with van der Waals surface area (Å²) < 4.78 is 5.99. The van der Waals surface area contributed by atoms with E-state index in [1.54, 1.807) is 35.3 Å². The number of amides is 1. The molecule has 4 rings (SSSR count). The number of carbonyl (C=O) groups is 1. The molecule has 2 heterocycles. The zero-order valence-electron chi connectivity index (χ0n) is 17.0. The van der Waals surface area contributed by atoms with Crippen molar-refractivity contribution < 1.29 is 9.53 Å². The van der Waals surface area contributed by atoms with Gasteiger partial charge in [-0.25, -0.2) is 0 Å². The fourth-order valence-corrected chi connectivity index (χ4v) is 3.90. The topological polar surface area (TPSA) is 94.0 Å². The van der Waals surface area contributed by atoms with Crippen molar-refractivity contribution >= 4 is 5.91 Å². The largest absolute Gasteiger partial charge is 0.457 e. The number of nitrogens with zero attached hydrogens (tertiary/aromatic N) is 3. The van der Waals surface area contributed by atoms with Crippen LogP contribution in [-0.4, -0.2) is 39.6 Å². The first-order valence-electron chi connectivity index (χ1n) is 10.0. The normalized spacial score (nSPS) is 22.0. The standard InChI is InChI=1S/C24H23N5O2/c1-3-5-6-9-18(4-2)31-22-11-8-7-10-19(22)20-12-21(28-27-20)23(30)26-24-13-17(24)14-29(15-24)16-25/h3-12,17H,1-2,13-15H2,(H,26,30)(H,27,28)/b6-5-,18-9+. The van der Waals surface area contributed by atoms with Crippen LogP contribution in [0, 0.1) is 17.4 Å². The van der Waals surface area contributed by atoms with E-state index >= 15 is 0 Å². The van der Waals surface area contributed by atoms with Crippen molar-refractivity contribution in [2.75, 3.05) is 13.1 Å². The lowest BCUT2D eigenvalue weighted by molar-refractivity contribution is 0.0924. The number of likely N-dealkylation sites (tertiary alicyclic amines) is 1. The maximum atomic E-state index is 12.8. The van der Waals surface area contributed by atoms with Gasteiger partial charge in [0.25, 0.3) is 5.91 Å². The zero-order valence-corrected chi connectivity index (χ0v) is 17.0. The van der Waals surface area contributed by atoms with Crippen molar-refractivity contribution in [1.29, 1.82) is 5.26 Å². The van der Waals surface area contributed by atoms with Crippen molar-refractivity contribution in [3.05, 3.63) is 85.3 Å². The number of nitriles is 1. The van der Waals surface area contributed by atoms with E-state index in [1.807, 2.05) is 30.3 Å². The average molecular weight is 413 g/mol. The summed E-state index contributed by atoms with van der Waals surface area (Å²) in [5.74, 6) is 1.27. The third-order valence-corrected chi connectivity index (χ3v) is 5.57. The second kappa shape index (κ2) is 8.36. The Morgan fingerprint density at radius 2 is 2.23 bits per heavy atom. The van der Waals surface area contributed by atoms with Gasteiger partial charge in [0.2, 0.25) is 0 Å². The van der Waals surface area contributed by atoms with Gasteiger partial charge in [-0.3, -0.25) is 9.89 Å². The molecule has 2 aromatic rings. The number of aromatic amines is 1. The molecular formula is C24H23N5O2. The molecule has 156 valence electrons. The lowest BCUT2D eigenvalue weighted by Crippen LogP contribution is -2.41. The smallest absolute Gasteiger partial charge is 0.272 e. The molecule has 0 spiro atoms. The van der Waals surface area contributed by atoms with Crippen LogP contribution in [0.25, 0.3) is 11.3 Å². The molecule has 2 aliphatic rings. The molecule has 0 radical (unpaired) electrons. The van der Waals surface area contributed by atoms with Gasteiger partial charge in [-0.15, -0.1) is 0 Å². The molecule has 2 unspecified atom stereocenters. The molecule has 1 amide bonds. The number of ether oxygens (including phenoxy) is 1. The van der Waals surface area contributed by atoms with Crippen molar-refractivity contribution in [3.63, 3.8) is 0 Å². The van der Waals surface area contributed by atoms with Gasteiger partial charge in [0.15, 0.2) is 11.9 Å². The van der Waals surface area contributed by atoms with Crippen molar-refractivity contribution in [3.8, 4) is 23.2 Å². The minimum atomic E-state index is -0.296. The third kappa shape index (κ3) is 4.14. The Balaban J connectivity index is 1.51. The number of rotatable bonds is 8. The highest BCUT2D eigenvalue weighted by atomic mass is 16.5. The van der Waals surface area contributed by atoms with E-state index in [0.717, 1.165) is 12.0 Å². The summed E-state index contributed by atoms with van der Waals surface area (Å²) in [5.41, 5.74) is 1.44. The van der Waals surface area contributed by atoms with Crippen LogP contribution in [0.15, 0.2) is 79.6 Å². The van der Waals surface area contributed by atoms with E-state index in [-0.39, 0.29) is 11.4 Å². The Morgan fingerprint density at radius 3 is 2.97 bits per heavy atom. The summed E-state index contributed by atoms with van der Waals surface area (Å²) in [6, 6.07) is 9.20. The fraction of sp³-hybridized carbons (Fsp3) is 0.208. The van der Waals surface area contributed by atoms with E-state index in [0.29, 0.717) is 41.9 Å². The summed E-state index contributed by atoms with van der Waals surface area (Å²) in [6.07, 6.45) is 11.7. The predicted molar refractivity (Wildman–Crippen MR) is 118 cm³/mol. The van der Waals surface area contributed by atoms with Crippen LogP contribution in [-0.2, 0) is 0 Å². The maximum Gasteiger partial charge on any atom is 0.272 e. The number of allylic oxidation sites excluding steroid dienone is 5. The van der Waals surface area contributed by atoms with E-state index in [9.17, 15) is 4.79 Å². The summed E-state index contributed by atoms with van der Waals surface area (Å²) in [6.45, 7) is 8.69. The zero-order chi connectivity index (χ0) is 21.8. The molecule has 7 heteroatoms. The van der Waals surface area contributed by atoms with Gasteiger partial charge in [-0.1, -0.05) is 43.5 Å². The molecule has 1 saturated heterocycles. The fourth-order valence-electron chi connectivity index (χ4n) is 3.90. The maximum absolute atomic E-state index is 12.8. The minimum absolute atomic E-state index is 0.246. The molecule has 1 aliphatic heterocycles. The number of fused-ring (bicyclic) bond motifs is 1. The van der Waals surface area contributed by atoms with Gasteiger partial charge in [0, 0.05) is 18.0 Å². The third-order valence-electron chi connectivity index (χ3n) is 5.57. The Kier molecular flexibility index (Phi) is 5.46. The van der Waals surface area contributed by atoms with Crippen molar-refractivity contribution in [2.24, 2.45) is 5.92 Å². The quantitative estimate of drug-likeness (QED) is 0.392. The van der Waals surface area contributed by atoms with Gasteiger partial charge in [0.1, 0.15) is 11.5 Å². The summed E-state index contributed by atoms with van der Waals surface area (Å²) in [7, 11) is 0. The molecule has 2 fully saturated rings. The van der Waals surface area contributed by atoms with Crippen molar-refractivity contribution in [1.82, 2.24) is 20.4 Å². The molecule has 1 saturated carbocycles. The Morgan fingerprint density at radius 1 is 1.39 bits per heavy atom.